The summed E-state index contributed by atoms with van der Waals surface area (Å²) in [6, 6.07) is 0. The van der Waals surface area contributed by atoms with Crippen molar-refractivity contribution in [3.8, 4) is 0 Å². The number of nitrogens with one attached hydrogen (secondary N) is 1. The molecule has 0 spiro atoms. The second kappa shape index (κ2) is 6.21. The van der Waals surface area contributed by atoms with E-state index in [4.69, 9.17) is 4.74 Å². The molecule has 1 aromatic rings. The molecule has 1 aliphatic rings. The third kappa shape index (κ3) is 2.85. The van der Waals surface area contributed by atoms with Crippen LogP contribution >= 0.6 is 11.5 Å². The molecule has 7 heteroatoms. The van der Waals surface area contributed by atoms with E-state index in [0.717, 1.165) is 18.7 Å². The Balaban J connectivity index is 2.04. The van der Waals surface area contributed by atoms with Crippen LogP contribution in [0.5, 0.6) is 0 Å². The van der Waals surface area contributed by atoms with Crippen LogP contribution in [0.4, 0.5) is 0 Å². The van der Waals surface area contributed by atoms with E-state index < -0.39 is 0 Å². The number of hydrogen-bond donors (Lipinski definition) is 1. The van der Waals surface area contributed by atoms with Crippen LogP contribution < -0.4 is 5.32 Å². The number of amides is 1. The van der Waals surface area contributed by atoms with Gasteiger partial charge in [0, 0.05) is 19.6 Å². The summed E-state index contributed by atoms with van der Waals surface area (Å²) in [5, 5.41) is 7.05. The minimum absolute atomic E-state index is 0.0336. The molecule has 1 N–H and O–H groups in total. The molecule has 18 heavy (non-hydrogen) atoms. The van der Waals surface area contributed by atoms with Gasteiger partial charge in [-0.3, -0.25) is 4.79 Å². The average molecular weight is 270 g/mol. The molecular weight excluding hydrogens is 252 g/mol. The number of likely N-dealkylation sites (N-methyl/N-ethyl adjacent to an activating group) is 1. The molecule has 0 aromatic carbocycles. The highest BCUT2D eigenvalue weighted by Crippen LogP contribution is 2.16. The average Bonchev–Trinajstić information content (AvgIpc) is 2.87. The zero-order valence-corrected chi connectivity index (χ0v) is 11.5. The molecule has 0 bridgehead atoms. The largest absolute Gasteiger partial charge is 0.373 e. The van der Waals surface area contributed by atoms with Crippen LogP contribution in [0.2, 0.25) is 0 Å². The highest BCUT2D eigenvalue weighted by atomic mass is 32.1. The number of carbonyl (C=O) groups is 1. The Hall–Kier alpha value is -1.05. The molecule has 1 fully saturated rings. The van der Waals surface area contributed by atoms with E-state index in [1.807, 2.05) is 18.9 Å². The molecule has 1 aromatic heterocycles. The van der Waals surface area contributed by atoms with Crippen molar-refractivity contribution in [2.45, 2.75) is 19.4 Å². The van der Waals surface area contributed by atoms with Gasteiger partial charge >= 0.3 is 0 Å². The molecule has 1 amide bonds. The Morgan fingerprint density at radius 1 is 1.67 bits per heavy atom. The first-order valence-corrected chi connectivity index (χ1v) is 6.90. The van der Waals surface area contributed by atoms with Gasteiger partial charge in [-0.1, -0.05) is 11.4 Å². The molecule has 100 valence electrons. The number of rotatable bonds is 4. The van der Waals surface area contributed by atoms with Crippen molar-refractivity contribution in [1.82, 2.24) is 19.8 Å². The SMILES string of the molecule is CCc1nnsc1C(=O)N1CCOC(CNC)C1. The molecular formula is C11H18N4O2S. The van der Waals surface area contributed by atoms with Crippen LogP contribution in [0.1, 0.15) is 22.3 Å². The van der Waals surface area contributed by atoms with Crippen LogP contribution in [-0.2, 0) is 11.2 Å². The molecule has 0 saturated carbocycles. The molecule has 1 unspecified atom stereocenters. The van der Waals surface area contributed by atoms with E-state index in [1.165, 1.54) is 11.5 Å². The molecule has 1 saturated heterocycles. The fourth-order valence-electron chi connectivity index (χ4n) is 2.00. The summed E-state index contributed by atoms with van der Waals surface area (Å²) in [6.45, 7) is 4.59. The Kier molecular flexibility index (Phi) is 4.62. The Labute approximate surface area is 110 Å². The monoisotopic (exact) mass is 270 g/mol. The topological polar surface area (TPSA) is 67.4 Å². The lowest BCUT2D eigenvalue weighted by atomic mass is 10.2. The third-order valence-electron chi connectivity index (χ3n) is 2.94. The quantitative estimate of drug-likeness (QED) is 0.844. The molecule has 2 heterocycles. The minimum Gasteiger partial charge on any atom is -0.373 e. The summed E-state index contributed by atoms with van der Waals surface area (Å²) in [7, 11) is 1.88. The zero-order valence-electron chi connectivity index (χ0n) is 10.7. The lowest BCUT2D eigenvalue weighted by molar-refractivity contribution is -0.0194. The number of aryl methyl sites for hydroxylation is 1. The second-order valence-electron chi connectivity index (χ2n) is 4.20. The van der Waals surface area contributed by atoms with Crippen molar-refractivity contribution in [3.63, 3.8) is 0 Å². The van der Waals surface area contributed by atoms with Gasteiger partial charge in [0.1, 0.15) is 4.88 Å². The Bertz CT molecular complexity index is 408. The lowest BCUT2D eigenvalue weighted by Gasteiger charge is -2.32. The lowest BCUT2D eigenvalue weighted by Crippen LogP contribution is -2.48. The van der Waals surface area contributed by atoms with Gasteiger partial charge in [-0.05, 0) is 25.0 Å². The summed E-state index contributed by atoms with van der Waals surface area (Å²) in [4.78, 5) is 14.9. The van der Waals surface area contributed by atoms with Crippen LogP contribution in [0, 0.1) is 0 Å². The summed E-state index contributed by atoms with van der Waals surface area (Å²) in [5.41, 5.74) is 0.793. The number of hydrogen-bond acceptors (Lipinski definition) is 6. The van der Waals surface area contributed by atoms with Crippen molar-refractivity contribution in [3.05, 3.63) is 10.6 Å². The zero-order chi connectivity index (χ0) is 13.0. The smallest absolute Gasteiger partial charge is 0.267 e. The summed E-state index contributed by atoms with van der Waals surface area (Å²) >= 11 is 1.18. The maximum Gasteiger partial charge on any atom is 0.267 e. The van der Waals surface area contributed by atoms with Gasteiger partial charge in [0.05, 0.1) is 18.4 Å². The number of carbonyl (C=O) groups excluding carboxylic acids is 1. The van der Waals surface area contributed by atoms with E-state index in [-0.39, 0.29) is 12.0 Å². The van der Waals surface area contributed by atoms with E-state index in [0.29, 0.717) is 24.6 Å². The van der Waals surface area contributed by atoms with E-state index in [2.05, 4.69) is 14.9 Å². The van der Waals surface area contributed by atoms with Crippen molar-refractivity contribution in [1.29, 1.82) is 0 Å². The van der Waals surface area contributed by atoms with Crippen molar-refractivity contribution in [2.75, 3.05) is 33.3 Å². The second-order valence-corrected chi connectivity index (χ2v) is 4.96. The number of nitrogens with zero attached hydrogens (tertiary/aromatic N) is 3. The first-order valence-electron chi connectivity index (χ1n) is 6.13. The Morgan fingerprint density at radius 3 is 3.22 bits per heavy atom. The summed E-state index contributed by atoms with van der Waals surface area (Å²) in [5.74, 6) is 0.0336. The normalized spacial score (nSPS) is 20.1. The third-order valence-corrected chi connectivity index (χ3v) is 3.70. The first-order chi connectivity index (χ1) is 8.76. The van der Waals surface area contributed by atoms with Crippen LogP contribution in [0.25, 0.3) is 0 Å². The van der Waals surface area contributed by atoms with E-state index in [1.54, 1.807) is 0 Å². The predicted octanol–water partition coefficient (Wildman–Crippen LogP) is 0.161. The van der Waals surface area contributed by atoms with Gasteiger partial charge in [0.15, 0.2) is 0 Å². The van der Waals surface area contributed by atoms with Crippen molar-refractivity contribution < 1.29 is 9.53 Å². The van der Waals surface area contributed by atoms with Gasteiger partial charge in [-0.25, -0.2) is 0 Å². The standard InChI is InChI=1S/C11H18N4O2S/c1-3-9-10(18-14-13-9)11(16)15-4-5-17-8(7-15)6-12-2/h8,12H,3-7H2,1-2H3. The van der Waals surface area contributed by atoms with Crippen molar-refractivity contribution >= 4 is 17.4 Å². The van der Waals surface area contributed by atoms with Crippen molar-refractivity contribution in [2.24, 2.45) is 0 Å². The number of aromatic nitrogens is 2. The maximum absolute atomic E-state index is 12.4. The molecule has 0 radical (unpaired) electrons. The van der Waals surface area contributed by atoms with E-state index >= 15 is 0 Å². The number of morpholine rings is 1. The number of ether oxygens (including phenoxy) is 1. The maximum atomic E-state index is 12.4. The molecule has 1 atom stereocenters. The summed E-state index contributed by atoms with van der Waals surface area (Å²) < 4.78 is 9.45. The van der Waals surface area contributed by atoms with Crippen LogP contribution in [0.15, 0.2) is 0 Å². The van der Waals surface area contributed by atoms with Gasteiger partial charge in [0.25, 0.3) is 5.91 Å². The Morgan fingerprint density at radius 2 is 2.50 bits per heavy atom. The highest BCUT2D eigenvalue weighted by molar-refractivity contribution is 7.08. The predicted molar refractivity (Wildman–Crippen MR) is 68.9 cm³/mol. The fraction of sp³-hybridized carbons (Fsp3) is 0.727. The molecule has 0 aliphatic carbocycles. The van der Waals surface area contributed by atoms with Gasteiger partial charge in [-0.2, -0.15) is 0 Å². The van der Waals surface area contributed by atoms with Crippen LogP contribution in [-0.4, -0.2) is 59.8 Å². The van der Waals surface area contributed by atoms with Gasteiger partial charge < -0.3 is 15.0 Å². The highest BCUT2D eigenvalue weighted by Gasteiger charge is 2.27. The molecule has 6 nitrogen and oxygen atoms in total. The van der Waals surface area contributed by atoms with Gasteiger partial charge in [-0.15, -0.1) is 5.10 Å². The van der Waals surface area contributed by atoms with E-state index in [9.17, 15) is 4.79 Å². The van der Waals surface area contributed by atoms with Gasteiger partial charge in [0.2, 0.25) is 0 Å². The first kappa shape index (κ1) is 13.4. The van der Waals surface area contributed by atoms with Crippen LogP contribution in [0.3, 0.4) is 0 Å². The molecule has 2 rings (SSSR count). The minimum atomic E-state index is 0.0336. The molecule has 1 aliphatic heterocycles. The fourth-order valence-corrected chi connectivity index (χ4v) is 2.72. The summed E-state index contributed by atoms with van der Waals surface area (Å²) in [6.07, 6.45) is 0.806.